The van der Waals surface area contributed by atoms with Gasteiger partial charge in [0.25, 0.3) is 0 Å². The summed E-state index contributed by atoms with van der Waals surface area (Å²) in [7, 11) is 0. The van der Waals surface area contributed by atoms with Crippen LogP contribution < -0.4 is 5.32 Å². The number of benzene rings is 1. The maximum Gasteiger partial charge on any atom is 0.217 e. The highest BCUT2D eigenvalue weighted by atomic mass is 16.3. The largest absolute Gasteiger partial charge is 0.391 e. The maximum absolute atomic E-state index is 11.2. The van der Waals surface area contributed by atoms with E-state index in [4.69, 9.17) is 0 Å². The van der Waals surface area contributed by atoms with Crippen molar-refractivity contribution in [3.05, 3.63) is 42.1 Å². The summed E-state index contributed by atoms with van der Waals surface area (Å²) in [6, 6.07) is 10.2. The molecule has 23 heavy (non-hydrogen) atoms. The normalized spacial score (nSPS) is 22.7. The minimum absolute atomic E-state index is 0.0791. The number of likely N-dealkylation sites (tertiary alicyclic amines) is 1. The number of pyridine rings is 1. The Kier molecular flexibility index (Phi) is 4.88. The lowest BCUT2D eigenvalue weighted by Gasteiger charge is -2.21. The van der Waals surface area contributed by atoms with Crippen LogP contribution >= 0.6 is 0 Å². The average molecular weight is 313 g/mol. The first kappa shape index (κ1) is 15.9. The van der Waals surface area contributed by atoms with Gasteiger partial charge >= 0.3 is 0 Å². The summed E-state index contributed by atoms with van der Waals surface area (Å²) in [4.78, 5) is 17.9. The Labute approximate surface area is 136 Å². The second kappa shape index (κ2) is 7.06. The highest BCUT2D eigenvalue weighted by molar-refractivity contribution is 5.78. The molecule has 1 aliphatic heterocycles. The number of fused-ring (bicyclic) bond motifs is 1. The van der Waals surface area contributed by atoms with Crippen LogP contribution in [-0.2, 0) is 11.3 Å². The van der Waals surface area contributed by atoms with Crippen molar-refractivity contribution in [2.45, 2.75) is 38.5 Å². The number of aliphatic hydroxyl groups excluding tert-OH is 1. The molecule has 0 unspecified atom stereocenters. The molecule has 0 bridgehead atoms. The first-order valence-corrected chi connectivity index (χ1v) is 8.13. The van der Waals surface area contributed by atoms with Gasteiger partial charge in [0, 0.05) is 38.1 Å². The van der Waals surface area contributed by atoms with Crippen molar-refractivity contribution in [2.75, 3.05) is 13.1 Å². The van der Waals surface area contributed by atoms with Crippen LogP contribution in [0.5, 0.6) is 0 Å². The molecule has 2 heterocycles. The molecule has 5 nitrogen and oxygen atoms in total. The van der Waals surface area contributed by atoms with Gasteiger partial charge in [0.2, 0.25) is 5.91 Å². The number of nitrogens with one attached hydrogen (secondary N) is 1. The predicted octanol–water partition coefficient (Wildman–Crippen LogP) is 1.70. The highest BCUT2D eigenvalue weighted by Gasteiger charge is 2.25. The van der Waals surface area contributed by atoms with Gasteiger partial charge in [-0.2, -0.15) is 0 Å². The Bertz CT molecular complexity index is 689. The van der Waals surface area contributed by atoms with E-state index in [0.717, 1.165) is 37.0 Å². The monoisotopic (exact) mass is 313 g/mol. The Morgan fingerprint density at radius 2 is 2.17 bits per heavy atom. The fourth-order valence-electron chi connectivity index (χ4n) is 3.21. The van der Waals surface area contributed by atoms with E-state index >= 15 is 0 Å². The third-order valence-corrected chi connectivity index (χ3v) is 4.42. The van der Waals surface area contributed by atoms with Crippen molar-refractivity contribution in [3.8, 4) is 0 Å². The zero-order valence-electron chi connectivity index (χ0n) is 13.4. The second-order valence-electron chi connectivity index (χ2n) is 6.26. The van der Waals surface area contributed by atoms with Gasteiger partial charge in [0.05, 0.1) is 17.7 Å². The summed E-state index contributed by atoms with van der Waals surface area (Å²) in [6.45, 7) is 4.05. The van der Waals surface area contributed by atoms with Crippen molar-refractivity contribution < 1.29 is 9.90 Å². The van der Waals surface area contributed by atoms with Crippen LogP contribution in [0.25, 0.3) is 10.9 Å². The molecule has 122 valence electrons. The fraction of sp³-hybridized carbons (Fsp3) is 0.444. The van der Waals surface area contributed by atoms with Gasteiger partial charge in [-0.1, -0.05) is 12.1 Å². The zero-order valence-corrected chi connectivity index (χ0v) is 13.4. The molecule has 0 spiro atoms. The van der Waals surface area contributed by atoms with E-state index in [9.17, 15) is 9.90 Å². The van der Waals surface area contributed by atoms with E-state index < -0.39 is 6.10 Å². The van der Waals surface area contributed by atoms with Gasteiger partial charge in [-0.15, -0.1) is 0 Å². The highest BCUT2D eigenvalue weighted by Crippen LogP contribution is 2.18. The molecule has 2 atom stereocenters. The van der Waals surface area contributed by atoms with Crippen LogP contribution in [-0.4, -0.2) is 46.1 Å². The van der Waals surface area contributed by atoms with Gasteiger partial charge in [-0.05, 0) is 36.6 Å². The summed E-state index contributed by atoms with van der Waals surface area (Å²) in [6.07, 6.45) is 2.79. The summed E-state index contributed by atoms with van der Waals surface area (Å²) >= 11 is 0. The number of aromatic nitrogens is 1. The lowest BCUT2D eigenvalue weighted by molar-refractivity contribution is -0.120. The lowest BCUT2D eigenvalue weighted by Crippen LogP contribution is -2.42. The lowest BCUT2D eigenvalue weighted by atomic mass is 10.1. The zero-order chi connectivity index (χ0) is 16.2. The topological polar surface area (TPSA) is 65.5 Å². The minimum atomic E-state index is -0.468. The number of amides is 1. The third kappa shape index (κ3) is 4.06. The van der Waals surface area contributed by atoms with Crippen LogP contribution in [0.2, 0.25) is 0 Å². The Morgan fingerprint density at radius 3 is 3.00 bits per heavy atom. The summed E-state index contributed by atoms with van der Waals surface area (Å²) in [5, 5.41) is 14.2. The van der Waals surface area contributed by atoms with Crippen molar-refractivity contribution in [3.63, 3.8) is 0 Å². The first-order valence-electron chi connectivity index (χ1n) is 8.13. The Hall–Kier alpha value is -1.98. The molecular formula is C18H23N3O2. The molecule has 1 aromatic carbocycles. The van der Waals surface area contributed by atoms with Gasteiger partial charge < -0.3 is 10.4 Å². The van der Waals surface area contributed by atoms with Crippen molar-refractivity contribution in [2.24, 2.45) is 0 Å². The van der Waals surface area contributed by atoms with Crippen LogP contribution in [0, 0.1) is 0 Å². The molecule has 0 aliphatic carbocycles. The van der Waals surface area contributed by atoms with E-state index in [-0.39, 0.29) is 11.9 Å². The molecule has 0 radical (unpaired) electrons. The SMILES string of the molecule is CC(=O)N[C@H]1CCN(Cc2ccc3ncccc3c2)CC[C@@H]1O. The quantitative estimate of drug-likeness (QED) is 0.905. The van der Waals surface area contributed by atoms with E-state index in [0.29, 0.717) is 6.42 Å². The van der Waals surface area contributed by atoms with Gasteiger partial charge in [-0.3, -0.25) is 14.7 Å². The molecule has 1 fully saturated rings. The van der Waals surface area contributed by atoms with Crippen molar-refractivity contribution >= 4 is 16.8 Å². The molecule has 1 aromatic heterocycles. The number of carbonyl (C=O) groups excluding carboxylic acids is 1. The number of carbonyl (C=O) groups is 1. The van der Waals surface area contributed by atoms with Crippen LogP contribution in [0.15, 0.2) is 36.5 Å². The summed E-state index contributed by atoms with van der Waals surface area (Å²) in [5.41, 5.74) is 2.26. The third-order valence-electron chi connectivity index (χ3n) is 4.42. The fourth-order valence-corrected chi connectivity index (χ4v) is 3.21. The van der Waals surface area contributed by atoms with Crippen molar-refractivity contribution in [1.82, 2.24) is 15.2 Å². The summed E-state index contributed by atoms with van der Waals surface area (Å²) in [5.74, 6) is -0.0791. The number of hydrogen-bond donors (Lipinski definition) is 2. The van der Waals surface area contributed by atoms with Gasteiger partial charge in [-0.25, -0.2) is 0 Å². The Balaban J connectivity index is 1.66. The van der Waals surface area contributed by atoms with E-state index in [1.165, 1.54) is 12.5 Å². The molecule has 1 saturated heterocycles. The maximum atomic E-state index is 11.2. The molecule has 3 rings (SSSR count). The van der Waals surface area contributed by atoms with E-state index in [2.05, 4.69) is 39.5 Å². The first-order chi connectivity index (χ1) is 11.1. The second-order valence-corrected chi connectivity index (χ2v) is 6.26. The van der Waals surface area contributed by atoms with Gasteiger partial charge in [0.1, 0.15) is 0 Å². The number of nitrogens with zero attached hydrogens (tertiary/aromatic N) is 2. The average Bonchev–Trinajstić information content (AvgIpc) is 2.70. The van der Waals surface area contributed by atoms with Crippen molar-refractivity contribution in [1.29, 1.82) is 0 Å². The minimum Gasteiger partial charge on any atom is -0.391 e. The van der Waals surface area contributed by atoms with Crippen LogP contribution in [0.4, 0.5) is 0 Å². The van der Waals surface area contributed by atoms with E-state index in [1.54, 1.807) is 6.20 Å². The van der Waals surface area contributed by atoms with E-state index in [1.807, 2.05) is 6.07 Å². The van der Waals surface area contributed by atoms with Crippen LogP contribution in [0.1, 0.15) is 25.3 Å². The molecule has 2 aromatic rings. The molecule has 2 N–H and O–H groups in total. The molecule has 1 aliphatic rings. The van der Waals surface area contributed by atoms with Crippen LogP contribution in [0.3, 0.4) is 0 Å². The number of hydrogen-bond acceptors (Lipinski definition) is 4. The molecular weight excluding hydrogens is 290 g/mol. The van der Waals surface area contributed by atoms with Gasteiger partial charge in [0.15, 0.2) is 0 Å². The Morgan fingerprint density at radius 1 is 1.35 bits per heavy atom. The molecule has 0 saturated carbocycles. The number of aliphatic hydroxyl groups is 1. The molecule has 5 heteroatoms. The summed E-state index contributed by atoms with van der Waals surface area (Å²) < 4.78 is 0. The number of rotatable bonds is 3. The predicted molar refractivity (Wildman–Crippen MR) is 89.9 cm³/mol. The smallest absolute Gasteiger partial charge is 0.217 e. The molecule has 1 amide bonds. The standard InChI is InChI=1S/C18H23N3O2/c1-13(22)20-17-6-9-21(10-7-18(17)23)12-14-4-5-16-15(11-14)3-2-8-19-16/h2-5,8,11,17-18,23H,6-7,9-10,12H2,1H3,(H,20,22)/t17-,18-/m0/s1.